The highest BCUT2D eigenvalue weighted by Crippen LogP contribution is 2.27. The van der Waals surface area contributed by atoms with Crippen LogP contribution in [0.1, 0.15) is 79.6 Å². The first kappa shape index (κ1) is 17.5. The maximum atomic E-state index is 12.3. The summed E-state index contributed by atoms with van der Waals surface area (Å²) in [5.74, 6) is 0.884. The molecule has 3 heteroatoms. The van der Waals surface area contributed by atoms with Crippen LogP contribution in [0.25, 0.3) is 0 Å². The standard InChI is InChI=1S/C17H34N2O/c1-6-15(14-11-9-8-10-12-14)18-13(3)16(20)19-17(4,5)7-2/h13-15,18H,6-12H2,1-5H3,(H,19,20). The summed E-state index contributed by atoms with van der Waals surface area (Å²) in [5.41, 5.74) is -0.112. The van der Waals surface area contributed by atoms with Gasteiger partial charge >= 0.3 is 0 Å². The molecule has 1 rings (SSSR count). The van der Waals surface area contributed by atoms with Crippen molar-refractivity contribution in [1.82, 2.24) is 10.6 Å². The van der Waals surface area contributed by atoms with E-state index in [9.17, 15) is 4.79 Å². The van der Waals surface area contributed by atoms with Gasteiger partial charge in [0.1, 0.15) is 0 Å². The third-order valence-corrected chi connectivity index (χ3v) is 4.86. The molecule has 3 nitrogen and oxygen atoms in total. The van der Waals surface area contributed by atoms with Gasteiger partial charge in [0.2, 0.25) is 5.91 Å². The molecular formula is C17H34N2O. The Morgan fingerprint density at radius 3 is 2.30 bits per heavy atom. The van der Waals surface area contributed by atoms with E-state index in [1.165, 1.54) is 32.1 Å². The van der Waals surface area contributed by atoms with Gasteiger partial charge in [0, 0.05) is 11.6 Å². The highest BCUT2D eigenvalue weighted by atomic mass is 16.2. The molecule has 0 spiro atoms. The van der Waals surface area contributed by atoms with E-state index in [1.807, 2.05) is 6.92 Å². The Bertz CT molecular complexity index is 295. The Labute approximate surface area is 125 Å². The number of hydrogen-bond donors (Lipinski definition) is 2. The van der Waals surface area contributed by atoms with E-state index in [4.69, 9.17) is 0 Å². The molecule has 0 saturated heterocycles. The Kier molecular flexibility index (Phi) is 7.01. The molecule has 0 heterocycles. The molecule has 0 aromatic carbocycles. The van der Waals surface area contributed by atoms with E-state index in [1.54, 1.807) is 0 Å². The molecule has 0 bridgehead atoms. The van der Waals surface area contributed by atoms with Crippen molar-refractivity contribution in [3.05, 3.63) is 0 Å². The average Bonchev–Trinajstić information content (AvgIpc) is 2.44. The molecular weight excluding hydrogens is 248 g/mol. The van der Waals surface area contributed by atoms with Crippen LogP contribution in [-0.2, 0) is 4.79 Å². The quantitative estimate of drug-likeness (QED) is 0.748. The van der Waals surface area contributed by atoms with Crippen molar-refractivity contribution in [3.63, 3.8) is 0 Å². The Morgan fingerprint density at radius 2 is 1.80 bits per heavy atom. The van der Waals surface area contributed by atoms with Crippen molar-refractivity contribution >= 4 is 5.91 Å². The van der Waals surface area contributed by atoms with Gasteiger partial charge in [0.15, 0.2) is 0 Å². The largest absolute Gasteiger partial charge is 0.350 e. The van der Waals surface area contributed by atoms with Crippen LogP contribution in [0.15, 0.2) is 0 Å². The van der Waals surface area contributed by atoms with Gasteiger partial charge in [-0.05, 0) is 52.4 Å². The minimum Gasteiger partial charge on any atom is -0.350 e. The van der Waals surface area contributed by atoms with Gasteiger partial charge in [-0.25, -0.2) is 0 Å². The minimum absolute atomic E-state index is 0.104. The minimum atomic E-state index is -0.112. The molecule has 1 saturated carbocycles. The fourth-order valence-corrected chi connectivity index (χ4v) is 3.05. The summed E-state index contributed by atoms with van der Waals surface area (Å²) in [5, 5.41) is 6.71. The molecule has 2 N–H and O–H groups in total. The lowest BCUT2D eigenvalue weighted by Gasteiger charge is -2.33. The zero-order valence-electron chi connectivity index (χ0n) is 14.1. The second kappa shape index (κ2) is 8.02. The van der Waals surface area contributed by atoms with Crippen molar-refractivity contribution in [2.75, 3.05) is 0 Å². The van der Waals surface area contributed by atoms with Crippen molar-refractivity contribution in [1.29, 1.82) is 0 Å². The van der Waals surface area contributed by atoms with Crippen LogP contribution in [0.4, 0.5) is 0 Å². The molecule has 0 radical (unpaired) electrons. The molecule has 2 atom stereocenters. The molecule has 118 valence electrons. The monoisotopic (exact) mass is 282 g/mol. The number of carbonyl (C=O) groups excluding carboxylic acids is 1. The highest BCUT2D eigenvalue weighted by molar-refractivity contribution is 5.82. The fourth-order valence-electron chi connectivity index (χ4n) is 3.05. The number of amides is 1. The lowest BCUT2D eigenvalue weighted by atomic mass is 9.82. The normalized spacial score (nSPS) is 20.4. The zero-order chi connectivity index (χ0) is 15.2. The lowest BCUT2D eigenvalue weighted by molar-refractivity contribution is -0.124. The highest BCUT2D eigenvalue weighted by Gasteiger charge is 2.27. The number of carbonyl (C=O) groups is 1. The summed E-state index contributed by atoms with van der Waals surface area (Å²) in [6, 6.07) is 0.383. The van der Waals surface area contributed by atoms with Gasteiger partial charge in [-0.15, -0.1) is 0 Å². The molecule has 1 fully saturated rings. The molecule has 0 aliphatic heterocycles. The van der Waals surface area contributed by atoms with E-state index in [0.717, 1.165) is 18.8 Å². The van der Waals surface area contributed by atoms with E-state index in [0.29, 0.717) is 6.04 Å². The number of nitrogens with one attached hydrogen (secondary N) is 2. The molecule has 0 aromatic rings. The summed E-state index contributed by atoms with van der Waals surface area (Å²) >= 11 is 0. The van der Waals surface area contributed by atoms with Gasteiger partial charge in [0.25, 0.3) is 0 Å². The number of hydrogen-bond acceptors (Lipinski definition) is 2. The van der Waals surface area contributed by atoms with Crippen LogP contribution >= 0.6 is 0 Å². The van der Waals surface area contributed by atoms with Crippen LogP contribution in [0.5, 0.6) is 0 Å². The summed E-state index contributed by atoms with van der Waals surface area (Å²) in [6.45, 7) is 10.5. The first-order chi connectivity index (χ1) is 9.39. The molecule has 0 aromatic heterocycles. The average molecular weight is 282 g/mol. The van der Waals surface area contributed by atoms with Crippen molar-refractivity contribution in [3.8, 4) is 0 Å². The smallest absolute Gasteiger partial charge is 0.237 e. The topological polar surface area (TPSA) is 41.1 Å². The summed E-state index contributed by atoms with van der Waals surface area (Å²) in [7, 11) is 0. The third-order valence-electron chi connectivity index (χ3n) is 4.86. The first-order valence-corrected chi connectivity index (χ1v) is 8.47. The lowest BCUT2D eigenvalue weighted by Crippen LogP contribution is -2.53. The van der Waals surface area contributed by atoms with Gasteiger partial charge in [-0.3, -0.25) is 4.79 Å². The molecule has 1 aliphatic rings. The summed E-state index contributed by atoms with van der Waals surface area (Å²) < 4.78 is 0. The Balaban J connectivity index is 2.49. The molecule has 1 amide bonds. The molecule has 20 heavy (non-hydrogen) atoms. The Hall–Kier alpha value is -0.570. The predicted octanol–water partition coefficient (Wildman–Crippen LogP) is 3.63. The van der Waals surface area contributed by atoms with Crippen LogP contribution < -0.4 is 10.6 Å². The van der Waals surface area contributed by atoms with E-state index < -0.39 is 0 Å². The molecule has 1 aliphatic carbocycles. The SMILES string of the molecule is CCC(NC(C)C(=O)NC(C)(C)CC)C1CCCCC1. The summed E-state index contributed by atoms with van der Waals surface area (Å²) in [6.07, 6.45) is 8.79. The Morgan fingerprint density at radius 1 is 1.20 bits per heavy atom. The van der Waals surface area contributed by atoms with Gasteiger partial charge in [0.05, 0.1) is 6.04 Å². The van der Waals surface area contributed by atoms with Crippen molar-refractivity contribution in [2.45, 2.75) is 97.2 Å². The van der Waals surface area contributed by atoms with Gasteiger partial charge in [-0.1, -0.05) is 33.1 Å². The van der Waals surface area contributed by atoms with Gasteiger partial charge < -0.3 is 10.6 Å². The van der Waals surface area contributed by atoms with Crippen molar-refractivity contribution in [2.24, 2.45) is 5.92 Å². The maximum absolute atomic E-state index is 12.3. The third kappa shape index (κ3) is 5.43. The van der Waals surface area contributed by atoms with Crippen LogP contribution in [-0.4, -0.2) is 23.5 Å². The van der Waals surface area contributed by atoms with Crippen LogP contribution in [0.3, 0.4) is 0 Å². The second-order valence-electron chi connectivity index (χ2n) is 7.03. The summed E-state index contributed by atoms with van der Waals surface area (Å²) in [4.78, 5) is 12.3. The predicted molar refractivity (Wildman–Crippen MR) is 85.8 cm³/mol. The second-order valence-corrected chi connectivity index (χ2v) is 7.03. The maximum Gasteiger partial charge on any atom is 0.237 e. The van der Waals surface area contributed by atoms with Crippen molar-refractivity contribution < 1.29 is 4.79 Å². The molecule has 2 unspecified atom stereocenters. The zero-order valence-corrected chi connectivity index (χ0v) is 14.1. The first-order valence-electron chi connectivity index (χ1n) is 8.47. The van der Waals surface area contributed by atoms with Crippen LogP contribution in [0, 0.1) is 5.92 Å². The van der Waals surface area contributed by atoms with Crippen LogP contribution in [0.2, 0.25) is 0 Å². The fraction of sp³-hybridized carbons (Fsp3) is 0.941. The number of rotatable bonds is 7. The van der Waals surface area contributed by atoms with Gasteiger partial charge in [-0.2, -0.15) is 0 Å². The van der Waals surface area contributed by atoms with E-state index >= 15 is 0 Å². The van der Waals surface area contributed by atoms with E-state index in [-0.39, 0.29) is 17.5 Å². The van der Waals surface area contributed by atoms with E-state index in [2.05, 4.69) is 38.3 Å².